The van der Waals surface area contributed by atoms with Crippen molar-refractivity contribution < 1.29 is 19.4 Å². The molecule has 0 bridgehead atoms. The maximum absolute atomic E-state index is 12.1. The lowest BCUT2D eigenvalue weighted by atomic mass is 10.0. The number of benzene rings is 2. The van der Waals surface area contributed by atoms with Crippen molar-refractivity contribution in [3.8, 4) is 11.5 Å². The first-order chi connectivity index (χ1) is 12.9. The van der Waals surface area contributed by atoms with Crippen molar-refractivity contribution in [2.24, 2.45) is 0 Å². The highest BCUT2D eigenvalue weighted by molar-refractivity contribution is 5.88. The zero-order valence-corrected chi connectivity index (χ0v) is 15.2. The molecule has 0 amide bonds. The van der Waals surface area contributed by atoms with Gasteiger partial charge in [-0.15, -0.1) is 0 Å². The Labute approximate surface area is 155 Å². The standard InChI is InChI=1S/C20H20N2O5/c1-11-10-21-19(23)15-9-13(5-6-14(11)15)22-18(20(24)25)12-4-7-16(26-2)17(8-12)27-3/h4-10,18,22H,1-3H3,(H,21,23)(H,24,25). The van der Waals surface area contributed by atoms with Crippen LogP contribution in [0.1, 0.15) is 17.2 Å². The van der Waals surface area contributed by atoms with Crippen molar-refractivity contribution in [2.75, 3.05) is 19.5 Å². The van der Waals surface area contributed by atoms with Gasteiger partial charge in [-0.2, -0.15) is 0 Å². The van der Waals surface area contributed by atoms with Crippen LogP contribution in [0.25, 0.3) is 10.8 Å². The molecule has 2 aromatic carbocycles. The first-order valence-electron chi connectivity index (χ1n) is 8.28. The molecule has 0 spiro atoms. The molecule has 7 heteroatoms. The molecule has 3 rings (SSSR count). The average molecular weight is 368 g/mol. The molecule has 27 heavy (non-hydrogen) atoms. The van der Waals surface area contributed by atoms with E-state index in [9.17, 15) is 14.7 Å². The number of H-pyrrole nitrogens is 1. The zero-order chi connectivity index (χ0) is 19.6. The van der Waals surface area contributed by atoms with Gasteiger partial charge in [0.05, 0.1) is 14.2 Å². The van der Waals surface area contributed by atoms with Crippen LogP contribution in [-0.2, 0) is 4.79 Å². The lowest BCUT2D eigenvalue weighted by Crippen LogP contribution is -2.20. The van der Waals surface area contributed by atoms with Gasteiger partial charge < -0.3 is 24.9 Å². The molecule has 7 nitrogen and oxygen atoms in total. The Morgan fingerprint density at radius 2 is 1.81 bits per heavy atom. The van der Waals surface area contributed by atoms with E-state index in [1.165, 1.54) is 14.2 Å². The van der Waals surface area contributed by atoms with E-state index >= 15 is 0 Å². The third-order valence-corrected chi connectivity index (χ3v) is 4.41. The second kappa shape index (κ2) is 7.41. The third-order valence-electron chi connectivity index (χ3n) is 4.41. The molecule has 1 unspecified atom stereocenters. The smallest absolute Gasteiger partial charge is 0.330 e. The maximum Gasteiger partial charge on any atom is 0.330 e. The summed E-state index contributed by atoms with van der Waals surface area (Å²) in [7, 11) is 3.00. The molecule has 0 radical (unpaired) electrons. The number of aromatic nitrogens is 1. The fraction of sp³-hybridized carbons (Fsp3) is 0.200. The first kappa shape index (κ1) is 18.3. The fourth-order valence-electron chi connectivity index (χ4n) is 2.98. The lowest BCUT2D eigenvalue weighted by Gasteiger charge is -2.18. The van der Waals surface area contributed by atoms with Crippen LogP contribution in [0.15, 0.2) is 47.4 Å². The molecular weight excluding hydrogens is 348 g/mol. The van der Waals surface area contributed by atoms with E-state index in [1.54, 1.807) is 42.6 Å². The highest BCUT2D eigenvalue weighted by atomic mass is 16.5. The number of aryl methyl sites for hydroxylation is 1. The Kier molecular flexibility index (Phi) is 5.03. The van der Waals surface area contributed by atoms with Crippen molar-refractivity contribution in [1.29, 1.82) is 0 Å². The third kappa shape index (κ3) is 3.57. The van der Waals surface area contributed by atoms with Crippen LogP contribution in [0.5, 0.6) is 11.5 Å². The lowest BCUT2D eigenvalue weighted by molar-refractivity contribution is -0.138. The number of anilines is 1. The second-order valence-corrected chi connectivity index (χ2v) is 6.09. The van der Waals surface area contributed by atoms with Crippen molar-refractivity contribution in [3.63, 3.8) is 0 Å². The number of hydrogen-bond donors (Lipinski definition) is 3. The van der Waals surface area contributed by atoms with Crippen LogP contribution < -0.4 is 20.3 Å². The van der Waals surface area contributed by atoms with Gasteiger partial charge in [-0.1, -0.05) is 12.1 Å². The molecule has 3 aromatic rings. The molecule has 0 saturated carbocycles. The van der Waals surface area contributed by atoms with Crippen LogP contribution in [0.2, 0.25) is 0 Å². The number of carbonyl (C=O) groups is 1. The molecule has 0 aliphatic rings. The summed E-state index contributed by atoms with van der Waals surface area (Å²) in [5.41, 5.74) is 1.74. The summed E-state index contributed by atoms with van der Waals surface area (Å²) < 4.78 is 10.4. The molecule has 0 aliphatic heterocycles. The Morgan fingerprint density at radius 1 is 1.07 bits per heavy atom. The summed E-state index contributed by atoms with van der Waals surface area (Å²) in [6, 6.07) is 9.11. The van der Waals surface area contributed by atoms with Gasteiger partial charge in [0.1, 0.15) is 0 Å². The normalized spacial score (nSPS) is 11.8. The number of methoxy groups -OCH3 is 2. The first-order valence-corrected chi connectivity index (χ1v) is 8.28. The van der Waals surface area contributed by atoms with Crippen molar-refractivity contribution in [2.45, 2.75) is 13.0 Å². The number of fused-ring (bicyclic) bond motifs is 1. The topological polar surface area (TPSA) is 101 Å². The van der Waals surface area contributed by atoms with Crippen LogP contribution in [0.3, 0.4) is 0 Å². The highest BCUT2D eigenvalue weighted by Crippen LogP contribution is 2.31. The van der Waals surface area contributed by atoms with E-state index in [-0.39, 0.29) is 5.56 Å². The molecule has 1 atom stereocenters. The summed E-state index contributed by atoms with van der Waals surface area (Å²) >= 11 is 0. The van der Waals surface area contributed by atoms with Gasteiger partial charge in [0.25, 0.3) is 5.56 Å². The number of rotatable bonds is 6. The number of aromatic amines is 1. The van der Waals surface area contributed by atoms with Gasteiger partial charge in [0, 0.05) is 17.3 Å². The molecule has 0 saturated heterocycles. The van der Waals surface area contributed by atoms with E-state index in [1.807, 2.05) is 6.92 Å². The average Bonchev–Trinajstić information content (AvgIpc) is 2.68. The van der Waals surface area contributed by atoms with Gasteiger partial charge in [-0.3, -0.25) is 4.79 Å². The summed E-state index contributed by atoms with van der Waals surface area (Å²) in [6.45, 7) is 1.90. The molecule has 140 valence electrons. The van der Waals surface area contributed by atoms with Crippen molar-refractivity contribution in [1.82, 2.24) is 4.98 Å². The number of ether oxygens (including phenoxy) is 2. The monoisotopic (exact) mass is 368 g/mol. The molecule has 0 aliphatic carbocycles. The van der Waals surface area contributed by atoms with Crippen LogP contribution in [-0.4, -0.2) is 30.3 Å². The van der Waals surface area contributed by atoms with Crippen molar-refractivity contribution in [3.05, 3.63) is 64.1 Å². The zero-order valence-electron chi connectivity index (χ0n) is 15.2. The molecule has 3 N–H and O–H groups in total. The van der Waals surface area contributed by atoms with Crippen molar-refractivity contribution >= 4 is 22.4 Å². The van der Waals surface area contributed by atoms with E-state index in [2.05, 4.69) is 10.3 Å². The van der Waals surface area contributed by atoms with Gasteiger partial charge in [-0.25, -0.2) is 4.79 Å². The Balaban J connectivity index is 2.00. The fourth-order valence-corrected chi connectivity index (χ4v) is 2.98. The minimum absolute atomic E-state index is 0.225. The predicted molar refractivity (Wildman–Crippen MR) is 103 cm³/mol. The quantitative estimate of drug-likeness (QED) is 0.618. The molecule has 1 aromatic heterocycles. The van der Waals surface area contributed by atoms with Crippen LogP contribution >= 0.6 is 0 Å². The summed E-state index contributed by atoms with van der Waals surface area (Å²) in [4.78, 5) is 26.6. The number of carboxylic acids is 1. The van der Waals surface area contributed by atoms with Gasteiger partial charge in [0.2, 0.25) is 0 Å². The second-order valence-electron chi connectivity index (χ2n) is 6.09. The van der Waals surface area contributed by atoms with E-state index in [4.69, 9.17) is 9.47 Å². The summed E-state index contributed by atoms with van der Waals surface area (Å²) in [5, 5.41) is 14.0. The number of pyridine rings is 1. The number of nitrogens with one attached hydrogen (secondary N) is 2. The van der Waals surface area contributed by atoms with Crippen LogP contribution in [0, 0.1) is 6.92 Å². The van der Waals surface area contributed by atoms with E-state index in [0.29, 0.717) is 28.1 Å². The number of carboxylic acid groups (broad SMARTS) is 1. The minimum Gasteiger partial charge on any atom is -0.493 e. The van der Waals surface area contributed by atoms with E-state index in [0.717, 1.165) is 10.9 Å². The van der Waals surface area contributed by atoms with Gasteiger partial charge in [-0.05, 0) is 47.7 Å². The Hall–Kier alpha value is -3.48. The van der Waals surface area contributed by atoms with Crippen LogP contribution in [0.4, 0.5) is 5.69 Å². The Bertz CT molecular complexity index is 1060. The largest absolute Gasteiger partial charge is 0.493 e. The molecular formula is C20H20N2O5. The summed E-state index contributed by atoms with van der Waals surface area (Å²) in [5.74, 6) is -0.104. The predicted octanol–water partition coefficient (Wildman–Crippen LogP) is 3.09. The van der Waals surface area contributed by atoms with E-state index < -0.39 is 12.0 Å². The summed E-state index contributed by atoms with van der Waals surface area (Å²) in [6.07, 6.45) is 1.65. The molecule has 0 fully saturated rings. The number of aliphatic carboxylic acids is 1. The highest BCUT2D eigenvalue weighted by Gasteiger charge is 2.21. The van der Waals surface area contributed by atoms with Gasteiger partial charge >= 0.3 is 5.97 Å². The molecule has 1 heterocycles. The maximum atomic E-state index is 12.1. The Morgan fingerprint density at radius 3 is 2.48 bits per heavy atom. The SMILES string of the molecule is COc1ccc(C(Nc2ccc3c(C)c[nH]c(=O)c3c2)C(=O)O)cc1OC. The van der Waals surface area contributed by atoms with Gasteiger partial charge in [0.15, 0.2) is 17.5 Å². The minimum atomic E-state index is -1.06. The number of hydrogen-bond acceptors (Lipinski definition) is 5.